The van der Waals surface area contributed by atoms with Gasteiger partial charge in [-0.05, 0) is 63.4 Å². The summed E-state index contributed by atoms with van der Waals surface area (Å²) in [6.07, 6.45) is 6.66. The van der Waals surface area contributed by atoms with Crippen LogP contribution in [0, 0.1) is 0 Å². The minimum atomic E-state index is -0.233. The molecule has 3 rings (SSSR count). The molecule has 1 aromatic carbocycles. The molecule has 1 fully saturated rings. The van der Waals surface area contributed by atoms with E-state index in [0.717, 1.165) is 19.3 Å². The van der Waals surface area contributed by atoms with Gasteiger partial charge < -0.3 is 9.31 Å². The van der Waals surface area contributed by atoms with Crippen LogP contribution in [0.2, 0.25) is 0 Å². The van der Waals surface area contributed by atoms with Gasteiger partial charge in [0.15, 0.2) is 0 Å². The van der Waals surface area contributed by atoms with E-state index >= 15 is 0 Å². The molecule has 118 valence electrons. The number of rotatable bonds is 3. The first-order valence-corrected chi connectivity index (χ1v) is 8.55. The lowest BCUT2D eigenvalue weighted by Gasteiger charge is -2.35. The molecule has 1 aromatic rings. The largest absolute Gasteiger partial charge is 0.490 e. The standard InChI is InChI=1S/C19H27BO2/c1-5-19(4)18(2,3)21-20(22-19)17-13-11-16(12-14-17)15-9-7-6-8-10-15/h6-10,13,16H,5,11-12,14H2,1-4H3. The van der Waals surface area contributed by atoms with Crippen molar-refractivity contribution < 1.29 is 9.31 Å². The van der Waals surface area contributed by atoms with E-state index in [2.05, 4.69) is 64.1 Å². The highest BCUT2D eigenvalue weighted by atomic mass is 16.7. The van der Waals surface area contributed by atoms with Crippen molar-refractivity contribution in [1.82, 2.24) is 0 Å². The van der Waals surface area contributed by atoms with E-state index < -0.39 is 0 Å². The van der Waals surface area contributed by atoms with E-state index in [0.29, 0.717) is 5.92 Å². The summed E-state index contributed by atoms with van der Waals surface area (Å²) in [5.41, 5.74) is 2.35. The molecule has 0 spiro atoms. The Morgan fingerprint density at radius 2 is 1.86 bits per heavy atom. The Hall–Kier alpha value is -1.06. The highest BCUT2D eigenvalue weighted by molar-refractivity contribution is 6.54. The molecule has 1 heterocycles. The number of allylic oxidation sites excluding steroid dienone is 2. The Morgan fingerprint density at radius 3 is 2.41 bits per heavy atom. The van der Waals surface area contributed by atoms with E-state index in [1.165, 1.54) is 17.5 Å². The molecule has 3 heteroatoms. The van der Waals surface area contributed by atoms with Gasteiger partial charge in [0, 0.05) is 0 Å². The van der Waals surface area contributed by atoms with Crippen LogP contribution in [-0.4, -0.2) is 18.3 Å². The Balaban J connectivity index is 1.70. The maximum absolute atomic E-state index is 6.30. The molecule has 0 bridgehead atoms. The maximum Gasteiger partial charge on any atom is 0.490 e. The normalized spacial score (nSPS) is 31.2. The Morgan fingerprint density at radius 1 is 1.14 bits per heavy atom. The average molecular weight is 298 g/mol. The molecular weight excluding hydrogens is 271 g/mol. The number of benzene rings is 1. The van der Waals surface area contributed by atoms with Crippen LogP contribution >= 0.6 is 0 Å². The summed E-state index contributed by atoms with van der Waals surface area (Å²) in [6.45, 7) is 8.64. The van der Waals surface area contributed by atoms with Gasteiger partial charge in [-0.15, -0.1) is 0 Å². The summed E-state index contributed by atoms with van der Waals surface area (Å²) in [7, 11) is -0.156. The van der Waals surface area contributed by atoms with Crippen molar-refractivity contribution >= 4 is 7.12 Å². The molecule has 2 aliphatic rings. The second-order valence-corrected chi connectivity index (χ2v) is 7.32. The van der Waals surface area contributed by atoms with Crippen LogP contribution in [-0.2, 0) is 9.31 Å². The third-order valence-electron chi connectivity index (χ3n) is 5.74. The van der Waals surface area contributed by atoms with Gasteiger partial charge in [-0.3, -0.25) is 0 Å². The zero-order valence-corrected chi connectivity index (χ0v) is 14.3. The Labute approximate surface area is 135 Å². The van der Waals surface area contributed by atoms with E-state index in [1.807, 2.05) is 0 Å². The van der Waals surface area contributed by atoms with Crippen LogP contribution in [0.4, 0.5) is 0 Å². The Bertz CT molecular complexity index is 552. The molecule has 22 heavy (non-hydrogen) atoms. The molecule has 1 aliphatic heterocycles. The summed E-state index contributed by atoms with van der Waals surface area (Å²) in [5, 5.41) is 0. The predicted molar refractivity (Wildman–Crippen MR) is 91.8 cm³/mol. The molecule has 2 nitrogen and oxygen atoms in total. The van der Waals surface area contributed by atoms with Gasteiger partial charge in [-0.1, -0.05) is 43.3 Å². The smallest absolute Gasteiger partial charge is 0.400 e. The van der Waals surface area contributed by atoms with Crippen LogP contribution in [0.5, 0.6) is 0 Å². The maximum atomic E-state index is 6.30. The van der Waals surface area contributed by atoms with Gasteiger partial charge in [0.1, 0.15) is 0 Å². The minimum Gasteiger partial charge on any atom is -0.400 e. The molecule has 2 unspecified atom stereocenters. The zero-order valence-electron chi connectivity index (χ0n) is 14.3. The number of hydrogen-bond donors (Lipinski definition) is 0. The summed E-state index contributed by atoms with van der Waals surface area (Å²) in [4.78, 5) is 0. The lowest BCUT2D eigenvalue weighted by molar-refractivity contribution is -0.0118. The summed E-state index contributed by atoms with van der Waals surface area (Å²) >= 11 is 0. The molecular formula is C19H27BO2. The van der Waals surface area contributed by atoms with Crippen molar-refractivity contribution in [2.45, 2.75) is 70.5 Å². The van der Waals surface area contributed by atoms with E-state index in [-0.39, 0.29) is 18.3 Å². The van der Waals surface area contributed by atoms with E-state index in [1.54, 1.807) is 0 Å². The molecule has 1 aliphatic carbocycles. The van der Waals surface area contributed by atoms with Crippen molar-refractivity contribution in [3.05, 3.63) is 47.4 Å². The van der Waals surface area contributed by atoms with Crippen molar-refractivity contribution in [3.8, 4) is 0 Å². The van der Waals surface area contributed by atoms with E-state index in [4.69, 9.17) is 9.31 Å². The fourth-order valence-corrected chi connectivity index (χ4v) is 3.55. The van der Waals surface area contributed by atoms with Gasteiger partial charge >= 0.3 is 7.12 Å². The van der Waals surface area contributed by atoms with Gasteiger partial charge in [-0.2, -0.15) is 0 Å². The summed E-state index contributed by atoms with van der Waals surface area (Å²) in [6, 6.07) is 10.8. The third-order valence-corrected chi connectivity index (χ3v) is 5.74. The highest BCUT2D eigenvalue weighted by Gasteiger charge is 2.54. The van der Waals surface area contributed by atoms with Crippen LogP contribution < -0.4 is 0 Å². The molecule has 0 amide bonds. The van der Waals surface area contributed by atoms with Crippen LogP contribution in [0.25, 0.3) is 0 Å². The molecule has 0 radical (unpaired) electrons. The zero-order chi connectivity index (χ0) is 15.8. The minimum absolute atomic E-state index is 0.156. The average Bonchev–Trinajstić information content (AvgIpc) is 2.79. The third kappa shape index (κ3) is 2.77. The van der Waals surface area contributed by atoms with Gasteiger partial charge in [-0.25, -0.2) is 0 Å². The molecule has 0 N–H and O–H groups in total. The second kappa shape index (κ2) is 5.86. The van der Waals surface area contributed by atoms with Crippen molar-refractivity contribution in [2.24, 2.45) is 0 Å². The van der Waals surface area contributed by atoms with Gasteiger partial charge in [0.05, 0.1) is 11.2 Å². The summed E-state index contributed by atoms with van der Waals surface area (Å²) < 4.78 is 12.5. The topological polar surface area (TPSA) is 18.5 Å². The first-order chi connectivity index (χ1) is 10.5. The predicted octanol–water partition coefficient (Wildman–Crippen LogP) is 4.90. The van der Waals surface area contributed by atoms with Crippen LogP contribution in [0.3, 0.4) is 0 Å². The second-order valence-electron chi connectivity index (χ2n) is 7.32. The van der Waals surface area contributed by atoms with Crippen molar-refractivity contribution in [2.75, 3.05) is 0 Å². The molecule has 0 saturated carbocycles. The van der Waals surface area contributed by atoms with Crippen molar-refractivity contribution in [1.29, 1.82) is 0 Å². The summed E-state index contributed by atoms with van der Waals surface area (Å²) in [5.74, 6) is 0.636. The Kier molecular flexibility index (Phi) is 4.22. The lowest BCUT2D eigenvalue weighted by atomic mass is 9.69. The van der Waals surface area contributed by atoms with Gasteiger partial charge in [0.2, 0.25) is 0 Å². The SMILES string of the molecule is CCC1(C)OB(C2=CCC(c3ccccc3)CC2)OC1(C)C. The molecule has 0 aromatic heterocycles. The first-order valence-electron chi connectivity index (χ1n) is 8.55. The molecule has 2 atom stereocenters. The van der Waals surface area contributed by atoms with Crippen LogP contribution in [0.15, 0.2) is 41.9 Å². The quantitative estimate of drug-likeness (QED) is 0.739. The fourth-order valence-electron chi connectivity index (χ4n) is 3.55. The van der Waals surface area contributed by atoms with Crippen LogP contribution in [0.1, 0.15) is 64.9 Å². The lowest BCUT2D eigenvalue weighted by Crippen LogP contribution is -2.44. The number of hydrogen-bond acceptors (Lipinski definition) is 2. The molecule has 1 saturated heterocycles. The fraction of sp³-hybridized carbons (Fsp3) is 0.579. The van der Waals surface area contributed by atoms with E-state index in [9.17, 15) is 0 Å². The highest BCUT2D eigenvalue weighted by Crippen LogP contribution is 2.43. The van der Waals surface area contributed by atoms with Crippen molar-refractivity contribution in [3.63, 3.8) is 0 Å². The van der Waals surface area contributed by atoms with Gasteiger partial charge in [0.25, 0.3) is 0 Å². The monoisotopic (exact) mass is 298 g/mol. The first kappa shape index (κ1) is 15.8.